The molecule has 1 aromatic carbocycles. The molecule has 2 aromatic rings. The van der Waals surface area contributed by atoms with Gasteiger partial charge in [-0.1, -0.05) is 30.3 Å². The molecule has 0 atom stereocenters. The van der Waals surface area contributed by atoms with Gasteiger partial charge in [0.25, 0.3) is 5.78 Å². The molecule has 0 saturated heterocycles. The second-order valence-corrected chi connectivity index (χ2v) is 4.86. The minimum atomic E-state index is -0.954. The first kappa shape index (κ1) is 14.6. The third kappa shape index (κ3) is 2.20. The molecule has 3 rings (SSSR count). The number of Topliss-reactive ketones (excluding diaryl/α,β-unsaturated/α-hetero) is 2. The number of fused-ring (bicyclic) bond motifs is 1. The van der Waals surface area contributed by atoms with Gasteiger partial charge in [0, 0.05) is 11.8 Å². The number of aromatic nitrogens is 1. The van der Waals surface area contributed by atoms with Gasteiger partial charge in [0.1, 0.15) is 17.2 Å². The van der Waals surface area contributed by atoms with Crippen molar-refractivity contribution in [1.29, 1.82) is 5.41 Å². The average molecular weight is 308 g/mol. The van der Waals surface area contributed by atoms with Crippen LogP contribution in [0.4, 0.5) is 0 Å². The quantitative estimate of drug-likeness (QED) is 0.668. The van der Waals surface area contributed by atoms with E-state index in [-0.39, 0.29) is 28.3 Å². The Kier molecular flexibility index (Phi) is 3.50. The first-order valence-corrected chi connectivity index (χ1v) is 6.76. The van der Waals surface area contributed by atoms with E-state index in [1.54, 1.807) is 30.3 Å². The summed E-state index contributed by atoms with van der Waals surface area (Å²) in [7, 11) is 1.38. The fourth-order valence-corrected chi connectivity index (χ4v) is 2.45. The lowest BCUT2D eigenvalue weighted by Crippen LogP contribution is -2.29. The van der Waals surface area contributed by atoms with Gasteiger partial charge in [0.15, 0.2) is 0 Å². The summed E-state index contributed by atoms with van der Waals surface area (Å²) < 4.78 is 5.13. The summed E-state index contributed by atoms with van der Waals surface area (Å²) >= 11 is 0. The topological polar surface area (TPSA) is 100 Å². The number of aliphatic hydroxyl groups is 1. The molecule has 1 heterocycles. The van der Waals surface area contributed by atoms with Crippen LogP contribution in [0.3, 0.4) is 0 Å². The highest BCUT2D eigenvalue weighted by Gasteiger charge is 2.38. The summed E-state index contributed by atoms with van der Waals surface area (Å²) in [6.45, 7) is 0. The zero-order valence-electron chi connectivity index (χ0n) is 12.2. The van der Waals surface area contributed by atoms with E-state index in [9.17, 15) is 14.7 Å². The molecule has 0 bridgehead atoms. The van der Waals surface area contributed by atoms with Crippen molar-refractivity contribution in [3.8, 4) is 5.75 Å². The van der Waals surface area contributed by atoms with Crippen LogP contribution in [0.2, 0.25) is 0 Å². The van der Waals surface area contributed by atoms with E-state index < -0.39 is 17.3 Å². The van der Waals surface area contributed by atoms with Gasteiger partial charge >= 0.3 is 0 Å². The number of hydrogen-bond acceptors (Lipinski definition) is 6. The van der Waals surface area contributed by atoms with Crippen LogP contribution in [0.25, 0.3) is 5.76 Å². The molecule has 1 aromatic heterocycles. The molecule has 0 saturated carbocycles. The van der Waals surface area contributed by atoms with E-state index in [4.69, 9.17) is 10.1 Å². The summed E-state index contributed by atoms with van der Waals surface area (Å²) in [4.78, 5) is 28.5. The summed E-state index contributed by atoms with van der Waals surface area (Å²) in [6, 6.07) is 9.88. The van der Waals surface area contributed by atoms with Crippen molar-refractivity contribution < 1.29 is 19.4 Å². The highest BCUT2D eigenvalue weighted by Crippen LogP contribution is 2.34. The van der Waals surface area contributed by atoms with Crippen LogP contribution in [0.15, 0.2) is 48.2 Å². The number of ketones is 2. The highest BCUT2D eigenvalue weighted by atomic mass is 16.5. The van der Waals surface area contributed by atoms with Crippen LogP contribution in [0.1, 0.15) is 21.6 Å². The Morgan fingerprint density at radius 3 is 2.48 bits per heavy atom. The molecule has 0 spiro atoms. The Bertz CT molecular complexity index is 869. The molecular formula is C17H12N2O4. The second kappa shape index (κ2) is 5.49. The first-order valence-electron chi connectivity index (χ1n) is 6.76. The van der Waals surface area contributed by atoms with Crippen LogP contribution >= 0.6 is 0 Å². The van der Waals surface area contributed by atoms with Gasteiger partial charge in [0.05, 0.1) is 24.0 Å². The maximum absolute atomic E-state index is 12.3. The van der Waals surface area contributed by atoms with Gasteiger partial charge < -0.3 is 9.84 Å². The number of nitrogens with zero attached hydrogens (tertiary/aromatic N) is 1. The van der Waals surface area contributed by atoms with Gasteiger partial charge in [-0.2, -0.15) is 0 Å². The molecule has 0 fully saturated rings. The number of hydrogen-bond donors (Lipinski definition) is 2. The fourth-order valence-electron chi connectivity index (χ4n) is 2.45. The predicted molar refractivity (Wildman–Crippen MR) is 82.9 cm³/mol. The molecule has 0 radical (unpaired) electrons. The van der Waals surface area contributed by atoms with E-state index in [1.807, 2.05) is 0 Å². The van der Waals surface area contributed by atoms with E-state index in [2.05, 4.69) is 4.98 Å². The van der Waals surface area contributed by atoms with Crippen LogP contribution in [0.5, 0.6) is 5.75 Å². The van der Waals surface area contributed by atoms with Gasteiger partial charge in [-0.15, -0.1) is 0 Å². The van der Waals surface area contributed by atoms with Gasteiger partial charge in [-0.05, 0) is 6.07 Å². The largest absolute Gasteiger partial charge is 0.506 e. The lowest BCUT2D eigenvalue weighted by Gasteiger charge is -2.19. The summed E-state index contributed by atoms with van der Waals surface area (Å²) in [5, 5.41) is 18.7. The molecule has 1 aliphatic rings. The molecule has 0 aliphatic heterocycles. The second-order valence-electron chi connectivity index (χ2n) is 4.86. The first-order chi connectivity index (χ1) is 11.1. The van der Waals surface area contributed by atoms with E-state index in [1.165, 1.54) is 19.4 Å². The minimum Gasteiger partial charge on any atom is -0.506 e. The van der Waals surface area contributed by atoms with E-state index >= 15 is 0 Å². The van der Waals surface area contributed by atoms with Gasteiger partial charge in [-0.25, -0.2) is 0 Å². The standard InChI is InChI=1S/C17H12N2O4/c1-23-10-7-8-19-14-11(10)15(20)12(16(21)17(14)22)13(18)9-5-3-2-4-6-9/h2-8,18,20H,1H3. The van der Waals surface area contributed by atoms with Crippen LogP contribution in [-0.4, -0.2) is 34.5 Å². The summed E-state index contributed by atoms with van der Waals surface area (Å²) in [5.74, 6) is -2.08. The number of carbonyl (C=O) groups is 2. The monoisotopic (exact) mass is 308 g/mol. The number of allylic oxidation sites excluding steroid dienone is 1. The predicted octanol–water partition coefficient (Wildman–Crippen LogP) is 2.19. The Morgan fingerprint density at radius 2 is 1.83 bits per heavy atom. The molecule has 6 nitrogen and oxygen atoms in total. The van der Waals surface area contributed by atoms with Gasteiger partial charge in [0.2, 0.25) is 5.78 Å². The third-order valence-corrected chi connectivity index (χ3v) is 3.57. The van der Waals surface area contributed by atoms with Crippen molar-refractivity contribution in [2.45, 2.75) is 0 Å². The number of benzene rings is 1. The number of carbonyl (C=O) groups excluding carboxylic acids is 2. The number of pyridine rings is 1. The lowest BCUT2D eigenvalue weighted by molar-refractivity contribution is -0.111. The van der Waals surface area contributed by atoms with Crippen molar-refractivity contribution >= 4 is 23.0 Å². The van der Waals surface area contributed by atoms with E-state index in [0.29, 0.717) is 5.56 Å². The Labute approximate surface area is 131 Å². The summed E-state index contributed by atoms with van der Waals surface area (Å²) in [5.41, 5.74) is -0.286. The van der Waals surface area contributed by atoms with Crippen LogP contribution in [-0.2, 0) is 4.79 Å². The molecule has 2 N–H and O–H groups in total. The zero-order valence-corrected chi connectivity index (χ0v) is 12.2. The van der Waals surface area contributed by atoms with Crippen LogP contribution in [0, 0.1) is 5.41 Å². The molecule has 23 heavy (non-hydrogen) atoms. The SMILES string of the molecule is COc1ccnc2c1C(O)=C(C(=N)c1ccccc1)C(=O)C2=O. The number of methoxy groups -OCH3 is 1. The minimum absolute atomic E-state index is 0.0373. The molecule has 0 unspecified atom stereocenters. The summed E-state index contributed by atoms with van der Waals surface area (Å²) in [6.07, 6.45) is 1.32. The highest BCUT2D eigenvalue weighted by molar-refractivity contribution is 6.58. The number of ether oxygens (including phenoxy) is 1. The Morgan fingerprint density at radius 1 is 1.13 bits per heavy atom. The smallest absolute Gasteiger partial charge is 0.252 e. The number of rotatable bonds is 3. The normalized spacial score (nSPS) is 13.8. The van der Waals surface area contributed by atoms with Crippen molar-refractivity contribution in [3.05, 3.63) is 65.0 Å². The number of aliphatic hydroxyl groups excluding tert-OH is 1. The molecule has 6 heteroatoms. The molecule has 1 aliphatic carbocycles. The molecule has 114 valence electrons. The average Bonchev–Trinajstić information content (AvgIpc) is 2.59. The van der Waals surface area contributed by atoms with Crippen LogP contribution < -0.4 is 4.74 Å². The number of nitrogens with one attached hydrogen (secondary N) is 1. The molecule has 0 amide bonds. The lowest BCUT2D eigenvalue weighted by atomic mass is 9.87. The maximum Gasteiger partial charge on any atom is 0.252 e. The molecular weight excluding hydrogens is 296 g/mol. The van der Waals surface area contributed by atoms with Crippen molar-refractivity contribution in [1.82, 2.24) is 4.98 Å². The fraction of sp³-hybridized carbons (Fsp3) is 0.0588. The Hall–Kier alpha value is -3.28. The van der Waals surface area contributed by atoms with Crippen molar-refractivity contribution in [2.75, 3.05) is 7.11 Å². The zero-order chi connectivity index (χ0) is 16.6. The van der Waals surface area contributed by atoms with E-state index in [0.717, 1.165) is 0 Å². The van der Waals surface area contributed by atoms with Crippen molar-refractivity contribution in [2.24, 2.45) is 0 Å². The van der Waals surface area contributed by atoms with Gasteiger partial charge in [-0.3, -0.25) is 20.0 Å². The Balaban J connectivity index is 2.25. The third-order valence-electron chi connectivity index (χ3n) is 3.57. The maximum atomic E-state index is 12.3. The van der Waals surface area contributed by atoms with Crippen molar-refractivity contribution in [3.63, 3.8) is 0 Å².